The maximum absolute atomic E-state index is 13.5. The van der Waals surface area contributed by atoms with Gasteiger partial charge in [-0.25, -0.2) is 0 Å². The number of benzene rings is 3. The molecule has 1 amide bonds. The molecule has 0 bridgehead atoms. The molecule has 1 unspecified atom stereocenters. The van der Waals surface area contributed by atoms with Gasteiger partial charge < -0.3 is 4.42 Å². The minimum absolute atomic E-state index is 0.0581. The molecule has 0 spiro atoms. The molecule has 4 nitrogen and oxygen atoms in total. The van der Waals surface area contributed by atoms with Crippen molar-refractivity contribution in [2.45, 2.75) is 6.04 Å². The molecule has 1 aliphatic rings. The number of carbonyl (C=O) groups is 1. The van der Waals surface area contributed by atoms with Crippen LogP contribution in [-0.4, -0.2) is 5.91 Å². The first-order valence-electron chi connectivity index (χ1n) is 9.05. The number of rotatable bonds is 2. The van der Waals surface area contributed by atoms with Crippen LogP contribution in [0.2, 0.25) is 5.02 Å². The van der Waals surface area contributed by atoms with Crippen LogP contribution in [0.3, 0.4) is 0 Å². The Labute approximate surface area is 193 Å². The van der Waals surface area contributed by atoms with E-state index in [2.05, 4.69) is 31.9 Å². The number of anilines is 1. The van der Waals surface area contributed by atoms with Gasteiger partial charge in [0.1, 0.15) is 5.58 Å². The number of halogens is 3. The number of hydrogen-bond donors (Lipinski definition) is 0. The van der Waals surface area contributed by atoms with E-state index in [9.17, 15) is 9.59 Å². The first-order chi connectivity index (χ1) is 14.4. The molecule has 2 heterocycles. The molecule has 0 aliphatic carbocycles. The summed E-state index contributed by atoms with van der Waals surface area (Å²) in [5.41, 5.74) is 1.87. The second-order valence-electron chi connectivity index (χ2n) is 6.92. The van der Waals surface area contributed by atoms with E-state index in [0.29, 0.717) is 27.2 Å². The standard InChI is InChI=1S/C23H12Br2ClNO3/c24-13-6-4-12(5-7-13)20-19-21(28)17-10-14(25)8-9-18(17)30-22(19)23(29)27(20)16-3-1-2-15(26)11-16/h1-11,20H. The van der Waals surface area contributed by atoms with Crippen molar-refractivity contribution in [1.29, 1.82) is 0 Å². The van der Waals surface area contributed by atoms with Gasteiger partial charge in [-0.3, -0.25) is 14.5 Å². The first kappa shape index (κ1) is 19.5. The molecule has 30 heavy (non-hydrogen) atoms. The van der Waals surface area contributed by atoms with Crippen molar-refractivity contribution in [3.05, 3.63) is 108 Å². The van der Waals surface area contributed by atoms with Gasteiger partial charge in [-0.15, -0.1) is 0 Å². The lowest BCUT2D eigenvalue weighted by Gasteiger charge is -2.25. The van der Waals surface area contributed by atoms with Crippen molar-refractivity contribution in [2.75, 3.05) is 4.90 Å². The largest absolute Gasteiger partial charge is 0.450 e. The van der Waals surface area contributed by atoms with Crippen LogP contribution in [0.15, 0.2) is 84.9 Å². The lowest BCUT2D eigenvalue weighted by atomic mass is 9.98. The predicted octanol–water partition coefficient (Wildman–Crippen LogP) is 6.72. The second-order valence-corrected chi connectivity index (χ2v) is 9.19. The van der Waals surface area contributed by atoms with Crippen molar-refractivity contribution in [3.63, 3.8) is 0 Å². The Morgan fingerprint density at radius 2 is 1.63 bits per heavy atom. The summed E-state index contributed by atoms with van der Waals surface area (Å²) in [6.07, 6.45) is 0. The molecule has 3 aromatic carbocycles. The third kappa shape index (κ3) is 3.11. The summed E-state index contributed by atoms with van der Waals surface area (Å²) in [5.74, 6) is -0.315. The van der Waals surface area contributed by atoms with E-state index in [0.717, 1.165) is 14.5 Å². The van der Waals surface area contributed by atoms with Gasteiger partial charge in [-0.2, -0.15) is 0 Å². The van der Waals surface area contributed by atoms with Crippen LogP contribution in [0.4, 0.5) is 5.69 Å². The maximum atomic E-state index is 13.5. The molecule has 148 valence electrons. The molecule has 1 atom stereocenters. The number of hydrogen-bond acceptors (Lipinski definition) is 3. The Hall–Kier alpha value is -2.41. The molecule has 0 saturated heterocycles. The van der Waals surface area contributed by atoms with Gasteiger partial charge in [0.05, 0.1) is 17.0 Å². The summed E-state index contributed by atoms with van der Waals surface area (Å²) in [6.45, 7) is 0. The molecular weight excluding hydrogens is 534 g/mol. The van der Waals surface area contributed by atoms with Crippen LogP contribution < -0.4 is 10.3 Å². The molecular formula is C23H12Br2ClNO3. The van der Waals surface area contributed by atoms with Gasteiger partial charge in [-0.1, -0.05) is 61.7 Å². The quantitative estimate of drug-likeness (QED) is 0.281. The number of nitrogens with zero attached hydrogens (tertiary/aromatic N) is 1. The number of carbonyl (C=O) groups excluding carboxylic acids is 1. The van der Waals surface area contributed by atoms with Crippen LogP contribution in [0, 0.1) is 0 Å². The fourth-order valence-corrected chi connectivity index (χ4v) is 4.61. The van der Waals surface area contributed by atoms with Gasteiger partial charge in [0.15, 0.2) is 5.43 Å². The van der Waals surface area contributed by atoms with E-state index < -0.39 is 6.04 Å². The molecule has 0 fully saturated rings. The van der Waals surface area contributed by atoms with E-state index in [1.807, 2.05) is 24.3 Å². The number of amides is 1. The highest BCUT2D eigenvalue weighted by Gasteiger charge is 2.43. The molecule has 0 radical (unpaired) electrons. The van der Waals surface area contributed by atoms with Crippen LogP contribution >= 0.6 is 43.5 Å². The Morgan fingerprint density at radius 3 is 2.37 bits per heavy atom. The first-order valence-corrected chi connectivity index (χ1v) is 11.0. The third-order valence-corrected chi connectivity index (χ3v) is 6.36. The van der Waals surface area contributed by atoms with E-state index in [1.165, 1.54) is 0 Å². The molecule has 7 heteroatoms. The summed E-state index contributed by atoms with van der Waals surface area (Å²) < 4.78 is 7.62. The summed E-state index contributed by atoms with van der Waals surface area (Å²) in [5, 5.41) is 0.921. The zero-order valence-electron chi connectivity index (χ0n) is 15.2. The SMILES string of the molecule is O=C1c2oc3ccc(Br)cc3c(=O)c2C(c2ccc(Br)cc2)N1c1cccc(Cl)c1. The zero-order chi connectivity index (χ0) is 21.0. The Morgan fingerprint density at radius 1 is 0.900 bits per heavy atom. The van der Waals surface area contributed by atoms with Crippen molar-refractivity contribution in [1.82, 2.24) is 0 Å². The summed E-state index contributed by atoms with van der Waals surface area (Å²) in [7, 11) is 0. The zero-order valence-corrected chi connectivity index (χ0v) is 19.2. The van der Waals surface area contributed by atoms with Gasteiger partial charge in [0, 0.05) is 19.7 Å². The Balaban J connectivity index is 1.83. The Bertz CT molecular complexity index is 1380. The second kappa shape index (κ2) is 7.38. The summed E-state index contributed by atoms with van der Waals surface area (Å²) >= 11 is 13.0. The highest BCUT2D eigenvalue weighted by molar-refractivity contribution is 9.10. The van der Waals surface area contributed by atoms with Gasteiger partial charge in [-0.05, 0) is 54.1 Å². The van der Waals surface area contributed by atoms with E-state index in [1.54, 1.807) is 47.4 Å². The van der Waals surface area contributed by atoms with Crippen LogP contribution in [0.1, 0.15) is 27.7 Å². The molecule has 1 aliphatic heterocycles. The van der Waals surface area contributed by atoms with Crippen molar-refractivity contribution < 1.29 is 9.21 Å². The van der Waals surface area contributed by atoms with Crippen LogP contribution in [-0.2, 0) is 0 Å². The van der Waals surface area contributed by atoms with Crippen LogP contribution in [0.5, 0.6) is 0 Å². The van der Waals surface area contributed by atoms with Crippen molar-refractivity contribution >= 4 is 66.0 Å². The summed E-state index contributed by atoms with van der Waals surface area (Å²) in [6, 6.07) is 19.1. The summed E-state index contributed by atoms with van der Waals surface area (Å²) in [4.78, 5) is 28.5. The van der Waals surface area contributed by atoms with E-state index in [-0.39, 0.29) is 17.1 Å². The molecule has 4 aromatic rings. The minimum Gasteiger partial charge on any atom is -0.450 e. The lowest BCUT2D eigenvalue weighted by molar-refractivity contribution is 0.0971. The smallest absolute Gasteiger partial charge is 0.295 e. The van der Waals surface area contributed by atoms with Gasteiger partial charge >= 0.3 is 0 Å². The minimum atomic E-state index is -0.626. The predicted molar refractivity (Wildman–Crippen MR) is 124 cm³/mol. The number of fused-ring (bicyclic) bond motifs is 2. The van der Waals surface area contributed by atoms with Gasteiger partial charge in [0.2, 0.25) is 5.76 Å². The topological polar surface area (TPSA) is 50.5 Å². The van der Waals surface area contributed by atoms with Crippen LogP contribution in [0.25, 0.3) is 11.0 Å². The van der Waals surface area contributed by atoms with E-state index in [4.69, 9.17) is 16.0 Å². The van der Waals surface area contributed by atoms with Crippen molar-refractivity contribution in [3.8, 4) is 0 Å². The highest BCUT2D eigenvalue weighted by Crippen LogP contribution is 2.42. The monoisotopic (exact) mass is 543 g/mol. The van der Waals surface area contributed by atoms with Gasteiger partial charge in [0.25, 0.3) is 5.91 Å². The van der Waals surface area contributed by atoms with E-state index >= 15 is 0 Å². The fourth-order valence-electron chi connectivity index (χ4n) is 3.80. The lowest BCUT2D eigenvalue weighted by Crippen LogP contribution is -2.29. The average Bonchev–Trinajstić information content (AvgIpc) is 3.02. The normalized spacial score (nSPS) is 15.6. The molecule has 0 N–H and O–H groups in total. The average molecular weight is 546 g/mol. The third-order valence-electron chi connectivity index (χ3n) is 5.10. The maximum Gasteiger partial charge on any atom is 0.295 e. The highest BCUT2D eigenvalue weighted by atomic mass is 79.9. The molecule has 5 rings (SSSR count). The molecule has 1 aromatic heterocycles. The molecule has 0 saturated carbocycles. The van der Waals surface area contributed by atoms with Crippen molar-refractivity contribution in [2.24, 2.45) is 0 Å². The Kier molecular flexibility index (Phi) is 4.81. The fraction of sp³-hybridized carbons (Fsp3) is 0.0435.